The Kier molecular flexibility index (Phi) is 4.98. The number of rotatable bonds is 5. The molecule has 3 heteroatoms. The second-order valence-corrected chi connectivity index (χ2v) is 6.59. The molecular formula is C25H20O3. The number of phenols is 2. The predicted molar refractivity (Wildman–Crippen MR) is 111 cm³/mol. The summed E-state index contributed by atoms with van der Waals surface area (Å²) in [4.78, 5) is 0. The van der Waals surface area contributed by atoms with Gasteiger partial charge in [-0.3, -0.25) is 0 Å². The van der Waals surface area contributed by atoms with Gasteiger partial charge in [0.15, 0.2) is 0 Å². The van der Waals surface area contributed by atoms with E-state index in [1.807, 2.05) is 72.8 Å². The fraction of sp³-hybridized carbons (Fsp3) is 0.0400. The Morgan fingerprint density at radius 1 is 0.607 bits per heavy atom. The molecule has 0 amide bonds. The number of hydrogen-bond donors (Lipinski definition) is 2. The number of para-hydroxylation sites is 1. The molecule has 0 saturated heterocycles. The lowest BCUT2D eigenvalue weighted by atomic mass is 9.94. The molecule has 2 N–H and O–H groups in total. The average Bonchev–Trinajstić information content (AvgIpc) is 2.73. The molecule has 4 aromatic carbocycles. The van der Waals surface area contributed by atoms with Crippen molar-refractivity contribution < 1.29 is 14.9 Å². The molecule has 4 rings (SSSR count). The summed E-state index contributed by atoms with van der Waals surface area (Å²) in [5.74, 6) is 1.90. The largest absolute Gasteiger partial charge is 0.508 e. The second kappa shape index (κ2) is 7.89. The van der Waals surface area contributed by atoms with Crippen molar-refractivity contribution in [2.75, 3.05) is 0 Å². The third-order valence-electron chi connectivity index (χ3n) is 4.61. The maximum atomic E-state index is 10.1. The zero-order valence-corrected chi connectivity index (χ0v) is 15.2. The zero-order valence-electron chi connectivity index (χ0n) is 15.2. The van der Waals surface area contributed by atoms with E-state index in [1.54, 1.807) is 6.07 Å². The molecule has 0 fully saturated rings. The van der Waals surface area contributed by atoms with E-state index in [4.69, 9.17) is 4.74 Å². The minimum Gasteiger partial charge on any atom is -0.508 e. The van der Waals surface area contributed by atoms with Gasteiger partial charge in [0.05, 0.1) is 0 Å². The first-order valence-electron chi connectivity index (χ1n) is 9.11. The predicted octanol–water partition coefficient (Wildman–Crippen LogP) is 6.15. The molecule has 3 nitrogen and oxygen atoms in total. The van der Waals surface area contributed by atoms with Crippen molar-refractivity contribution in [3.05, 3.63) is 108 Å². The molecule has 0 spiro atoms. The van der Waals surface area contributed by atoms with Crippen molar-refractivity contribution in [3.63, 3.8) is 0 Å². The normalized spacial score (nSPS) is 10.6. The van der Waals surface area contributed by atoms with Gasteiger partial charge in [-0.15, -0.1) is 0 Å². The minimum atomic E-state index is 0.146. The standard InChI is InChI=1S/C25H20O3/c26-21-12-15-25(27)20(17-21)16-19-6-4-5-9-24(19)18-10-13-23(14-11-18)28-22-7-2-1-3-8-22/h1-15,17,26-27H,16H2. The minimum absolute atomic E-state index is 0.146. The van der Waals surface area contributed by atoms with Crippen molar-refractivity contribution in [2.45, 2.75) is 6.42 Å². The molecule has 0 unspecified atom stereocenters. The first-order chi connectivity index (χ1) is 13.7. The highest BCUT2D eigenvalue weighted by Gasteiger charge is 2.09. The van der Waals surface area contributed by atoms with E-state index < -0.39 is 0 Å². The third kappa shape index (κ3) is 3.99. The lowest BCUT2D eigenvalue weighted by molar-refractivity contribution is 0.455. The smallest absolute Gasteiger partial charge is 0.127 e. The van der Waals surface area contributed by atoms with Gasteiger partial charge >= 0.3 is 0 Å². The topological polar surface area (TPSA) is 49.7 Å². The molecule has 0 aliphatic carbocycles. The highest BCUT2D eigenvalue weighted by Crippen LogP contribution is 2.31. The lowest BCUT2D eigenvalue weighted by Gasteiger charge is -2.12. The summed E-state index contributed by atoms with van der Waals surface area (Å²) in [5.41, 5.74) is 3.91. The van der Waals surface area contributed by atoms with Crippen LogP contribution in [0, 0.1) is 0 Å². The van der Waals surface area contributed by atoms with Crippen molar-refractivity contribution in [1.29, 1.82) is 0 Å². The van der Waals surface area contributed by atoms with Crippen LogP contribution in [-0.4, -0.2) is 10.2 Å². The van der Waals surface area contributed by atoms with Crippen molar-refractivity contribution >= 4 is 0 Å². The number of phenolic OH excluding ortho intramolecular Hbond substituents is 2. The van der Waals surface area contributed by atoms with E-state index in [0.29, 0.717) is 12.0 Å². The Balaban J connectivity index is 1.60. The highest BCUT2D eigenvalue weighted by atomic mass is 16.5. The molecule has 0 radical (unpaired) electrons. The summed E-state index contributed by atoms with van der Waals surface area (Å²) in [6.45, 7) is 0. The van der Waals surface area contributed by atoms with Crippen LogP contribution in [0.3, 0.4) is 0 Å². The van der Waals surface area contributed by atoms with Crippen LogP contribution in [0.5, 0.6) is 23.0 Å². The van der Waals surface area contributed by atoms with Gasteiger partial charge in [0.2, 0.25) is 0 Å². The van der Waals surface area contributed by atoms with Gasteiger partial charge in [-0.25, -0.2) is 0 Å². The summed E-state index contributed by atoms with van der Waals surface area (Å²) in [6.07, 6.45) is 0.526. The molecule has 0 aromatic heterocycles. The third-order valence-corrected chi connectivity index (χ3v) is 4.61. The van der Waals surface area contributed by atoms with Gasteiger partial charge in [0, 0.05) is 12.0 Å². The van der Waals surface area contributed by atoms with Crippen LogP contribution in [0.15, 0.2) is 97.1 Å². The Morgan fingerprint density at radius 2 is 1.29 bits per heavy atom. The van der Waals surface area contributed by atoms with Gasteiger partial charge in [-0.1, -0.05) is 54.6 Å². The molecular weight excluding hydrogens is 348 g/mol. The number of benzene rings is 4. The van der Waals surface area contributed by atoms with Crippen LogP contribution in [0.4, 0.5) is 0 Å². The van der Waals surface area contributed by atoms with Crippen LogP contribution in [0.2, 0.25) is 0 Å². The monoisotopic (exact) mass is 368 g/mol. The molecule has 0 aliphatic heterocycles. The van der Waals surface area contributed by atoms with Crippen molar-refractivity contribution in [2.24, 2.45) is 0 Å². The first-order valence-corrected chi connectivity index (χ1v) is 9.11. The molecule has 138 valence electrons. The van der Waals surface area contributed by atoms with E-state index >= 15 is 0 Å². The molecule has 0 aliphatic rings. The summed E-state index contributed by atoms with van der Waals surface area (Å²) in [7, 11) is 0. The number of aromatic hydroxyl groups is 2. The summed E-state index contributed by atoms with van der Waals surface area (Å²) in [6, 6.07) is 30.3. The number of hydrogen-bond acceptors (Lipinski definition) is 3. The van der Waals surface area contributed by atoms with Gasteiger partial charge in [0.25, 0.3) is 0 Å². The Hall–Kier alpha value is -3.72. The van der Waals surface area contributed by atoms with Crippen LogP contribution in [0.25, 0.3) is 11.1 Å². The van der Waals surface area contributed by atoms with Crippen LogP contribution < -0.4 is 4.74 Å². The van der Waals surface area contributed by atoms with Crippen molar-refractivity contribution in [1.82, 2.24) is 0 Å². The Bertz CT molecular complexity index is 1070. The fourth-order valence-electron chi connectivity index (χ4n) is 3.20. The van der Waals surface area contributed by atoms with Gasteiger partial charge in [-0.05, 0) is 59.2 Å². The van der Waals surface area contributed by atoms with Crippen LogP contribution >= 0.6 is 0 Å². The molecule has 0 atom stereocenters. The second-order valence-electron chi connectivity index (χ2n) is 6.59. The Labute approximate surface area is 164 Å². The molecule has 0 bridgehead atoms. The van der Waals surface area contributed by atoms with E-state index in [0.717, 1.165) is 28.2 Å². The zero-order chi connectivity index (χ0) is 19.3. The lowest BCUT2D eigenvalue weighted by Crippen LogP contribution is -1.93. The summed E-state index contributed by atoms with van der Waals surface area (Å²) in [5, 5.41) is 19.8. The summed E-state index contributed by atoms with van der Waals surface area (Å²) < 4.78 is 5.86. The average molecular weight is 368 g/mol. The highest BCUT2D eigenvalue weighted by molar-refractivity contribution is 5.69. The van der Waals surface area contributed by atoms with Crippen LogP contribution in [-0.2, 0) is 6.42 Å². The maximum Gasteiger partial charge on any atom is 0.127 e. The first kappa shape index (κ1) is 17.7. The van der Waals surface area contributed by atoms with Crippen molar-refractivity contribution in [3.8, 4) is 34.1 Å². The molecule has 28 heavy (non-hydrogen) atoms. The van der Waals surface area contributed by atoms with E-state index in [-0.39, 0.29) is 11.5 Å². The van der Waals surface area contributed by atoms with Crippen LogP contribution in [0.1, 0.15) is 11.1 Å². The molecule has 0 heterocycles. The SMILES string of the molecule is Oc1ccc(O)c(Cc2ccccc2-c2ccc(Oc3ccccc3)cc2)c1. The maximum absolute atomic E-state index is 10.1. The van der Waals surface area contributed by atoms with E-state index in [2.05, 4.69) is 6.07 Å². The fourth-order valence-corrected chi connectivity index (χ4v) is 3.20. The molecule has 4 aromatic rings. The van der Waals surface area contributed by atoms with Gasteiger partial charge in [0.1, 0.15) is 23.0 Å². The number of ether oxygens (including phenoxy) is 1. The summed E-state index contributed by atoms with van der Waals surface area (Å²) >= 11 is 0. The van der Waals surface area contributed by atoms with E-state index in [9.17, 15) is 10.2 Å². The Morgan fingerprint density at radius 3 is 2.07 bits per heavy atom. The molecule has 0 saturated carbocycles. The van der Waals surface area contributed by atoms with E-state index in [1.165, 1.54) is 12.1 Å². The van der Waals surface area contributed by atoms with Gasteiger partial charge < -0.3 is 14.9 Å². The van der Waals surface area contributed by atoms with Gasteiger partial charge in [-0.2, -0.15) is 0 Å². The quantitative estimate of drug-likeness (QED) is 0.416.